The quantitative estimate of drug-likeness (QED) is 0.625. The molecule has 0 unspecified atom stereocenters. The van der Waals surface area contributed by atoms with Crippen LogP contribution >= 0.6 is 7.82 Å². The predicted molar refractivity (Wildman–Crippen MR) is 42.6 cm³/mol. The van der Waals surface area contributed by atoms with Gasteiger partial charge in [0.1, 0.15) is 0 Å². The Morgan fingerprint density at radius 1 is 1.42 bits per heavy atom. The second-order valence-electron chi connectivity index (χ2n) is 2.90. The Bertz CT molecular complexity index is 174. The lowest BCUT2D eigenvalue weighted by Gasteiger charge is -2.21. The molecule has 0 aromatic carbocycles. The minimum Gasteiger partial charge on any atom is -0.303 e. The van der Waals surface area contributed by atoms with Crippen LogP contribution in [0.1, 0.15) is 12.8 Å². The summed E-state index contributed by atoms with van der Waals surface area (Å²) in [5.74, 6) is 0.259. The largest absolute Gasteiger partial charge is 0.469 e. The summed E-state index contributed by atoms with van der Waals surface area (Å²) < 4.78 is 14.7. The number of phosphoric acid groups is 1. The van der Waals surface area contributed by atoms with Crippen molar-refractivity contribution >= 4 is 7.82 Å². The van der Waals surface area contributed by atoms with Crippen LogP contribution in [0.3, 0.4) is 0 Å². The van der Waals surface area contributed by atoms with Crippen molar-refractivity contribution in [1.29, 1.82) is 0 Å². The fraction of sp³-hybridized carbons (Fsp3) is 1.00. The Morgan fingerprint density at radius 3 is 2.50 bits per heavy atom. The summed E-state index contributed by atoms with van der Waals surface area (Å²) in [7, 11) is -4.26. The third-order valence-corrected chi connectivity index (χ3v) is 2.35. The molecule has 0 amide bonds. The van der Waals surface area contributed by atoms with Crippen LogP contribution in [0.4, 0.5) is 0 Å². The molecule has 1 heterocycles. The van der Waals surface area contributed by atoms with Gasteiger partial charge >= 0.3 is 7.82 Å². The predicted octanol–water partition coefficient (Wildman–Crippen LogP) is 0.110. The van der Waals surface area contributed by atoms with Crippen LogP contribution in [0.2, 0.25) is 0 Å². The Kier molecular flexibility index (Phi) is 3.68. The normalized spacial score (nSPS) is 21.2. The molecule has 0 spiro atoms. The first-order chi connectivity index (χ1) is 5.58. The van der Waals surface area contributed by atoms with Crippen LogP contribution in [0.5, 0.6) is 0 Å². The van der Waals surface area contributed by atoms with Crippen LogP contribution in [-0.4, -0.2) is 29.5 Å². The molecular formula is C6H13NO4P. The van der Waals surface area contributed by atoms with Crippen molar-refractivity contribution < 1.29 is 18.9 Å². The highest BCUT2D eigenvalue weighted by Gasteiger charge is 2.19. The minimum absolute atomic E-state index is 0.153. The van der Waals surface area contributed by atoms with Gasteiger partial charge < -0.3 is 9.79 Å². The van der Waals surface area contributed by atoms with E-state index in [9.17, 15) is 4.57 Å². The van der Waals surface area contributed by atoms with Crippen molar-refractivity contribution in [2.75, 3.05) is 19.7 Å². The van der Waals surface area contributed by atoms with Gasteiger partial charge in [-0.2, -0.15) is 0 Å². The van der Waals surface area contributed by atoms with E-state index in [-0.39, 0.29) is 12.5 Å². The molecule has 1 fully saturated rings. The molecule has 1 radical (unpaired) electrons. The first kappa shape index (κ1) is 10.2. The van der Waals surface area contributed by atoms with Gasteiger partial charge in [-0.15, -0.1) is 0 Å². The Balaban J connectivity index is 2.17. The van der Waals surface area contributed by atoms with Crippen LogP contribution in [0.25, 0.3) is 0 Å². The van der Waals surface area contributed by atoms with Gasteiger partial charge in [0, 0.05) is 13.1 Å². The van der Waals surface area contributed by atoms with Crippen molar-refractivity contribution in [3.8, 4) is 0 Å². The number of hydrogen-bond acceptors (Lipinski definition) is 2. The van der Waals surface area contributed by atoms with E-state index in [0.717, 1.165) is 25.9 Å². The molecule has 0 bridgehead atoms. The van der Waals surface area contributed by atoms with Gasteiger partial charge in [0.25, 0.3) is 0 Å². The zero-order valence-corrected chi connectivity index (χ0v) is 7.61. The molecule has 2 N–H and O–H groups in total. The molecule has 1 aliphatic rings. The topological polar surface area (TPSA) is 80.9 Å². The summed E-state index contributed by atoms with van der Waals surface area (Å²) in [6.45, 7) is 1.73. The maximum absolute atomic E-state index is 10.3. The maximum atomic E-state index is 10.3. The lowest BCUT2D eigenvalue weighted by molar-refractivity contribution is 0.153. The highest BCUT2D eigenvalue weighted by molar-refractivity contribution is 7.46. The maximum Gasteiger partial charge on any atom is 0.469 e. The zero-order chi connectivity index (χ0) is 9.03. The van der Waals surface area contributed by atoms with Crippen molar-refractivity contribution in [3.63, 3.8) is 0 Å². The Labute approximate surface area is 71.4 Å². The van der Waals surface area contributed by atoms with Gasteiger partial charge in [0.15, 0.2) is 0 Å². The highest BCUT2D eigenvalue weighted by Crippen LogP contribution is 2.36. The number of phosphoric ester groups is 1. The van der Waals surface area contributed by atoms with E-state index in [1.807, 2.05) is 0 Å². The summed E-state index contributed by atoms with van der Waals surface area (Å²) >= 11 is 0. The van der Waals surface area contributed by atoms with E-state index in [2.05, 4.69) is 9.84 Å². The SMILES string of the molecule is O=P(O)(O)OCC1CC[N]CC1. The molecule has 0 aromatic heterocycles. The van der Waals surface area contributed by atoms with Crippen LogP contribution in [0.15, 0.2) is 0 Å². The zero-order valence-electron chi connectivity index (χ0n) is 6.72. The summed E-state index contributed by atoms with van der Waals surface area (Å²) in [6, 6.07) is 0. The summed E-state index contributed by atoms with van der Waals surface area (Å²) in [5, 5.41) is 4.12. The minimum atomic E-state index is -4.26. The van der Waals surface area contributed by atoms with Gasteiger partial charge in [-0.25, -0.2) is 9.88 Å². The smallest absolute Gasteiger partial charge is 0.303 e. The second-order valence-corrected chi connectivity index (χ2v) is 4.14. The first-order valence-electron chi connectivity index (χ1n) is 3.91. The van der Waals surface area contributed by atoms with E-state index in [4.69, 9.17) is 9.79 Å². The standard InChI is InChI=1S/C6H13NO4P/c8-12(9,10)11-5-6-1-3-7-4-2-6/h6H,1-5H2,(H2,8,9,10). The number of piperidine rings is 1. The monoisotopic (exact) mass is 194 g/mol. The molecule has 5 nitrogen and oxygen atoms in total. The molecule has 71 valence electrons. The average Bonchev–Trinajstić information content (AvgIpc) is 2.02. The van der Waals surface area contributed by atoms with Gasteiger partial charge in [0.2, 0.25) is 0 Å². The summed E-state index contributed by atoms with van der Waals surface area (Å²) in [5.41, 5.74) is 0. The van der Waals surface area contributed by atoms with E-state index in [1.54, 1.807) is 0 Å². The Hall–Kier alpha value is 0.0700. The molecule has 0 atom stereocenters. The Morgan fingerprint density at radius 2 is 2.00 bits per heavy atom. The lowest BCUT2D eigenvalue weighted by Crippen LogP contribution is -2.25. The van der Waals surface area contributed by atoms with Gasteiger partial charge in [-0.1, -0.05) is 0 Å². The van der Waals surface area contributed by atoms with Crippen LogP contribution < -0.4 is 5.32 Å². The molecule has 1 rings (SSSR count). The van der Waals surface area contributed by atoms with E-state index in [0.29, 0.717) is 0 Å². The van der Waals surface area contributed by atoms with Crippen LogP contribution in [0, 0.1) is 5.92 Å². The number of rotatable bonds is 3. The van der Waals surface area contributed by atoms with Gasteiger partial charge in [-0.05, 0) is 18.8 Å². The first-order valence-corrected chi connectivity index (χ1v) is 5.44. The molecule has 6 heteroatoms. The van der Waals surface area contributed by atoms with Crippen molar-refractivity contribution in [3.05, 3.63) is 0 Å². The summed E-state index contributed by atoms with van der Waals surface area (Å²) in [4.78, 5) is 16.8. The molecule has 0 aliphatic carbocycles. The van der Waals surface area contributed by atoms with Gasteiger partial charge in [-0.3, -0.25) is 4.52 Å². The molecular weight excluding hydrogens is 181 g/mol. The molecule has 12 heavy (non-hydrogen) atoms. The van der Waals surface area contributed by atoms with Crippen LogP contribution in [-0.2, 0) is 9.09 Å². The molecule has 1 aliphatic heterocycles. The average molecular weight is 194 g/mol. The number of nitrogens with zero attached hydrogens (tertiary/aromatic N) is 1. The third-order valence-electron chi connectivity index (χ3n) is 1.87. The van der Waals surface area contributed by atoms with E-state index >= 15 is 0 Å². The van der Waals surface area contributed by atoms with Crippen molar-refractivity contribution in [2.24, 2.45) is 5.92 Å². The lowest BCUT2D eigenvalue weighted by atomic mass is 10.00. The molecule has 0 saturated carbocycles. The van der Waals surface area contributed by atoms with Crippen molar-refractivity contribution in [1.82, 2.24) is 5.32 Å². The third kappa shape index (κ3) is 4.18. The number of hydrogen-bond donors (Lipinski definition) is 2. The fourth-order valence-corrected chi connectivity index (χ4v) is 1.58. The second kappa shape index (κ2) is 4.35. The highest BCUT2D eigenvalue weighted by atomic mass is 31.2. The molecule has 0 aromatic rings. The fourth-order valence-electron chi connectivity index (χ4n) is 1.17. The van der Waals surface area contributed by atoms with E-state index < -0.39 is 7.82 Å². The summed E-state index contributed by atoms with van der Waals surface area (Å²) in [6.07, 6.45) is 1.75. The van der Waals surface area contributed by atoms with E-state index in [1.165, 1.54) is 0 Å². The van der Waals surface area contributed by atoms with Crippen molar-refractivity contribution in [2.45, 2.75) is 12.8 Å². The van der Waals surface area contributed by atoms with Gasteiger partial charge in [0.05, 0.1) is 6.61 Å². The molecule has 1 saturated heterocycles.